The first kappa shape index (κ1) is 28.2. The van der Waals surface area contributed by atoms with Gasteiger partial charge in [-0.2, -0.15) is 4.98 Å². The van der Waals surface area contributed by atoms with Crippen LogP contribution in [0.5, 0.6) is 0 Å². The van der Waals surface area contributed by atoms with Gasteiger partial charge < -0.3 is 15.0 Å². The number of Topliss-reactive ketones (excluding diaryl/α,β-unsaturated/α-hetero) is 1. The zero-order valence-electron chi connectivity index (χ0n) is 22.6. The van der Waals surface area contributed by atoms with Gasteiger partial charge >= 0.3 is 11.8 Å². The summed E-state index contributed by atoms with van der Waals surface area (Å²) >= 11 is 6.20. The van der Waals surface area contributed by atoms with Gasteiger partial charge in [0.15, 0.2) is 16.9 Å². The molecule has 1 aliphatic heterocycles. The van der Waals surface area contributed by atoms with Gasteiger partial charge in [0.2, 0.25) is 5.95 Å². The summed E-state index contributed by atoms with van der Waals surface area (Å²) in [6.07, 6.45) is 0.982. The molecule has 1 aromatic carbocycles. The van der Waals surface area contributed by atoms with Crippen LogP contribution >= 0.6 is 11.6 Å². The molecular formula is C27H33ClN6O5. The molecule has 1 N–H and O–H groups in total. The molecule has 39 heavy (non-hydrogen) atoms. The maximum Gasteiger partial charge on any atom is 0.407 e. The number of halogens is 1. The fourth-order valence-corrected chi connectivity index (χ4v) is 4.79. The molecule has 1 atom stereocenters. The fourth-order valence-electron chi connectivity index (χ4n) is 4.67. The van der Waals surface area contributed by atoms with Gasteiger partial charge in [-0.05, 0) is 33.6 Å². The van der Waals surface area contributed by atoms with Crippen LogP contribution in [0, 0.1) is 0 Å². The Labute approximate surface area is 230 Å². The van der Waals surface area contributed by atoms with Gasteiger partial charge in [0.1, 0.15) is 5.60 Å². The summed E-state index contributed by atoms with van der Waals surface area (Å²) in [7, 11) is 1.51. The number of allylic oxidation sites excluding steroid dienone is 1. The second-order valence-corrected chi connectivity index (χ2v) is 11.2. The average molecular weight is 557 g/mol. The van der Waals surface area contributed by atoms with Crippen molar-refractivity contribution in [2.75, 3.05) is 18.0 Å². The van der Waals surface area contributed by atoms with Crippen molar-refractivity contribution >= 4 is 40.6 Å². The SMILES string of the molecule is C=C(Cl)Cn1c(N2CCCC(NC(=O)OC(C)(C)C)C2)nc2c1c(=O)n(CC(=O)c1ccccc1)c(=O)n2C. The number of aromatic nitrogens is 4. The molecule has 2 aromatic heterocycles. The van der Waals surface area contributed by atoms with Gasteiger partial charge in [-0.25, -0.2) is 9.59 Å². The zero-order chi connectivity index (χ0) is 28.5. The molecule has 4 rings (SSSR count). The summed E-state index contributed by atoms with van der Waals surface area (Å²) in [6.45, 7) is 9.84. The van der Waals surface area contributed by atoms with E-state index in [4.69, 9.17) is 16.3 Å². The monoisotopic (exact) mass is 556 g/mol. The zero-order valence-corrected chi connectivity index (χ0v) is 23.3. The van der Waals surface area contributed by atoms with E-state index >= 15 is 0 Å². The van der Waals surface area contributed by atoms with E-state index in [9.17, 15) is 19.2 Å². The standard InChI is InChI=1S/C27H33ClN6O5/c1-17(28)14-33-21-22(30-24(33)32-13-9-12-19(15-32)29-25(37)39-27(2,3)4)31(5)26(38)34(23(21)36)16-20(35)18-10-7-6-8-11-18/h6-8,10-11,19H,1,9,12-16H2,2-5H3,(H,29,37). The minimum atomic E-state index is -0.652. The minimum absolute atomic E-state index is 0.0636. The van der Waals surface area contributed by atoms with E-state index in [1.165, 1.54) is 11.6 Å². The predicted octanol–water partition coefficient (Wildman–Crippen LogP) is 3.03. The Hall–Kier alpha value is -3.86. The van der Waals surface area contributed by atoms with Gasteiger partial charge in [0, 0.05) is 36.8 Å². The average Bonchev–Trinajstić information content (AvgIpc) is 3.23. The van der Waals surface area contributed by atoms with Crippen molar-refractivity contribution in [3.05, 3.63) is 68.3 Å². The summed E-state index contributed by atoms with van der Waals surface area (Å²) in [5.41, 5.74) is -1.22. The highest BCUT2D eigenvalue weighted by molar-refractivity contribution is 6.29. The number of benzene rings is 1. The number of rotatable bonds is 7. The number of imidazole rings is 1. The second-order valence-electron chi connectivity index (χ2n) is 10.6. The first-order valence-corrected chi connectivity index (χ1v) is 13.1. The number of hydrogen-bond acceptors (Lipinski definition) is 7. The van der Waals surface area contributed by atoms with Crippen LogP contribution in [0.25, 0.3) is 11.2 Å². The number of nitrogens with one attached hydrogen (secondary N) is 1. The lowest BCUT2D eigenvalue weighted by atomic mass is 10.1. The number of carbonyl (C=O) groups is 2. The number of ketones is 1. The van der Waals surface area contributed by atoms with Crippen molar-refractivity contribution in [1.82, 2.24) is 24.0 Å². The molecule has 12 heteroatoms. The van der Waals surface area contributed by atoms with Crippen molar-refractivity contribution in [1.29, 1.82) is 0 Å². The first-order valence-electron chi connectivity index (χ1n) is 12.7. The molecule has 1 fully saturated rings. The highest BCUT2D eigenvalue weighted by Crippen LogP contribution is 2.25. The second kappa shape index (κ2) is 11.1. The molecule has 0 aliphatic carbocycles. The lowest BCUT2D eigenvalue weighted by Crippen LogP contribution is -2.49. The number of hydrogen-bond donors (Lipinski definition) is 1. The minimum Gasteiger partial charge on any atom is -0.444 e. The quantitative estimate of drug-likeness (QED) is 0.444. The largest absolute Gasteiger partial charge is 0.444 e. The fraction of sp³-hybridized carbons (Fsp3) is 0.444. The molecule has 208 valence electrons. The highest BCUT2D eigenvalue weighted by Gasteiger charge is 2.29. The van der Waals surface area contributed by atoms with Crippen LogP contribution < -0.4 is 21.5 Å². The third-order valence-electron chi connectivity index (χ3n) is 6.36. The number of anilines is 1. The van der Waals surface area contributed by atoms with E-state index in [0.717, 1.165) is 17.4 Å². The Morgan fingerprint density at radius 3 is 2.49 bits per heavy atom. The number of piperidine rings is 1. The predicted molar refractivity (Wildman–Crippen MR) is 150 cm³/mol. The number of carbonyl (C=O) groups excluding carboxylic acids is 2. The Balaban J connectivity index is 1.74. The van der Waals surface area contributed by atoms with Crippen LogP contribution in [-0.4, -0.2) is 55.3 Å². The highest BCUT2D eigenvalue weighted by atomic mass is 35.5. The smallest absolute Gasteiger partial charge is 0.407 e. The molecule has 1 aliphatic rings. The van der Waals surface area contributed by atoms with Gasteiger partial charge in [-0.3, -0.25) is 23.3 Å². The molecule has 0 radical (unpaired) electrons. The van der Waals surface area contributed by atoms with Crippen LogP contribution in [-0.2, 0) is 24.9 Å². The number of nitrogens with zero attached hydrogens (tertiary/aromatic N) is 5. The summed E-state index contributed by atoms with van der Waals surface area (Å²) in [4.78, 5) is 58.7. The summed E-state index contributed by atoms with van der Waals surface area (Å²) in [5, 5.41) is 3.17. The summed E-state index contributed by atoms with van der Waals surface area (Å²) < 4.78 is 9.19. The number of alkyl carbamates (subject to hydrolysis) is 1. The molecule has 1 saturated heterocycles. The first-order chi connectivity index (χ1) is 18.4. The third kappa shape index (κ3) is 6.25. The van der Waals surface area contributed by atoms with Gasteiger partial charge in [-0.15, -0.1) is 0 Å². The van der Waals surface area contributed by atoms with Crippen LogP contribution in [0.4, 0.5) is 10.7 Å². The van der Waals surface area contributed by atoms with Crippen molar-refractivity contribution in [2.24, 2.45) is 7.05 Å². The van der Waals surface area contributed by atoms with Crippen molar-refractivity contribution in [3.8, 4) is 0 Å². The van der Waals surface area contributed by atoms with Crippen LogP contribution in [0.2, 0.25) is 0 Å². The summed E-state index contributed by atoms with van der Waals surface area (Å²) in [6, 6.07) is 8.26. The normalized spacial score (nSPS) is 15.8. The Bertz CT molecular complexity index is 1530. The van der Waals surface area contributed by atoms with Crippen LogP contribution in [0.15, 0.2) is 51.5 Å². The van der Waals surface area contributed by atoms with Crippen molar-refractivity contribution in [3.63, 3.8) is 0 Å². The van der Waals surface area contributed by atoms with E-state index < -0.39 is 29.5 Å². The number of ether oxygens (including phenoxy) is 1. The van der Waals surface area contributed by atoms with E-state index in [0.29, 0.717) is 24.6 Å². The van der Waals surface area contributed by atoms with Crippen molar-refractivity contribution in [2.45, 2.75) is 58.3 Å². The van der Waals surface area contributed by atoms with Gasteiger partial charge in [0.25, 0.3) is 5.56 Å². The lowest BCUT2D eigenvalue weighted by molar-refractivity contribution is 0.0499. The molecule has 3 heterocycles. The lowest BCUT2D eigenvalue weighted by Gasteiger charge is -2.34. The topological polar surface area (TPSA) is 120 Å². The van der Waals surface area contributed by atoms with Gasteiger partial charge in [0.05, 0.1) is 13.1 Å². The van der Waals surface area contributed by atoms with E-state index in [2.05, 4.69) is 16.9 Å². The maximum atomic E-state index is 13.7. The third-order valence-corrected chi connectivity index (χ3v) is 6.48. The molecule has 0 spiro atoms. The molecule has 0 saturated carbocycles. The van der Waals surface area contributed by atoms with Gasteiger partial charge in [-0.1, -0.05) is 48.5 Å². The van der Waals surface area contributed by atoms with Crippen LogP contribution in [0.1, 0.15) is 44.0 Å². The molecule has 0 bridgehead atoms. The molecule has 11 nitrogen and oxygen atoms in total. The Kier molecular flexibility index (Phi) is 8.01. The summed E-state index contributed by atoms with van der Waals surface area (Å²) in [5.74, 6) is 0.0519. The number of amides is 1. The molecule has 3 aromatic rings. The molecule has 1 amide bonds. The van der Waals surface area contributed by atoms with Crippen molar-refractivity contribution < 1.29 is 14.3 Å². The number of fused-ring (bicyclic) bond motifs is 1. The Morgan fingerprint density at radius 2 is 1.85 bits per heavy atom. The van der Waals surface area contributed by atoms with E-state index in [1.54, 1.807) is 55.7 Å². The molecule has 1 unspecified atom stereocenters. The van der Waals surface area contributed by atoms with E-state index in [1.807, 2.05) is 4.90 Å². The number of aryl methyl sites for hydroxylation is 1. The van der Waals surface area contributed by atoms with Crippen LogP contribution in [0.3, 0.4) is 0 Å². The Morgan fingerprint density at radius 1 is 1.15 bits per heavy atom. The molecular weight excluding hydrogens is 524 g/mol. The maximum absolute atomic E-state index is 13.7. The van der Waals surface area contributed by atoms with E-state index in [-0.39, 0.29) is 34.6 Å².